The third kappa shape index (κ3) is 5.83. The Morgan fingerprint density at radius 2 is 1.10 bits per heavy atom. The van der Waals surface area contributed by atoms with E-state index in [1.54, 1.807) is 23.3 Å². The van der Waals surface area contributed by atoms with Crippen LogP contribution < -0.4 is 35.2 Å². The minimum atomic E-state index is -0.488. The van der Waals surface area contributed by atoms with Gasteiger partial charge in [-0.05, 0) is 28.6 Å². The van der Waals surface area contributed by atoms with Crippen molar-refractivity contribution in [3.05, 3.63) is 163 Å². The normalized spacial score (nSPS) is 37.8. The second kappa shape index (κ2) is 15.3. The van der Waals surface area contributed by atoms with Crippen LogP contribution in [0.15, 0.2) is 139 Å². The van der Waals surface area contributed by atoms with Crippen molar-refractivity contribution in [1.29, 1.82) is 0 Å². The Morgan fingerprint density at radius 3 is 1.54 bits per heavy atom. The zero-order chi connectivity index (χ0) is 36.2. The first-order valence-electron chi connectivity index (χ1n) is 18.5. The summed E-state index contributed by atoms with van der Waals surface area (Å²) in [7, 11) is 0. The monoisotopic (exact) mass is 820 g/mol. The van der Waals surface area contributed by atoms with E-state index in [-0.39, 0.29) is 62.7 Å². The smallest absolute Gasteiger partial charge is 0.109 e. The molecule has 0 bridgehead atoms. The quantitative estimate of drug-likeness (QED) is 0.299. The molecule has 0 heterocycles. The van der Waals surface area contributed by atoms with Crippen molar-refractivity contribution in [2.75, 3.05) is 0 Å². The molecule has 0 nitrogen and oxygen atoms in total. The van der Waals surface area contributed by atoms with Crippen LogP contribution in [0, 0.1) is 70.2 Å². The molecule has 0 amide bonds. The van der Waals surface area contributed by atoms with Gasteiger partial charge in [0.2, 0.25) is 0 Å². The van der Waals surface area contributed by atoms with Gasteiger partial charge < -0.3 is 31.2 Å². The van der Waals surface area contributed by atoms with Crippen LogP contribution in [0.2, 0.25) is 0 Å². The molecule has 0 aromatic heterocycles. The van der Waals surface area contributed by atoms with Crippen LogP contribution in [0.3, 0.4) is 0 Å². The molecule has 2 saturated carbocycles. The molecule has 0 spiro atoms. The zero-order valence-electron chi connectivity index (χ0n) is 32.8. The van der Waals surface area contributed by atoms with Gasteiger partial charge in [-0.3, -0.25) is 6.08 Å². The van der Waals surface area contributed by atoms with Gasteiger partial charge in [-0.2, -0.15) is 6.08 Å². The standard InChI is InChI=1S/C29H37.C14H14Si.C5H5.2ClH.Zr/c1-21-14-13-15-22-20-27(6)25(4)18-10-9-16-23(25,2)24(3)17-11-12-19-26(24,5)29(27,8)28(21,22)7;1-11-3-7-13(8-4-11)15-14-9-5-12(2)6-10-14;1-2-4-5-3-1;;;/h9-20,22H,1-8H3;3-10H,1-2H3;1-3H,4H2;2*1H;/q-1;;-1;;;+2/p-2. The predicted molar refractivity (Wildman–Crippen MR) is 213 cm³/mol. The number of halogens is 2. The molecule has 0 saturated heterocycles. The molecule has 8 rings (SSSR count). The van der Waals surface area contributed by atoms with Crippen molar-refractivity contribution in [2.45, 2.75) is 75.7 Å². The van der Waals surface area contributed by atoms with Crippen LogP contribution in [0.25, 0.3) is 0 Å². The minimum absolute atomic E-state index is 0. The number of fused-ring (bicyclic) bond motifs is 8. The van der Waals surface area contributed by atoms with Gasteiger partial charge in [0.25, 0.3) is 0 Å². The summed E-state index contributed by atoms with van der Waals surface area (Å²) in [5.74, 6) is 0.460. The van der Waals surface area contributed by atoms with Gasteiger partial charge in [0.15, 0.2) is 0 Å². The van der Waals surface area contributed by atoms with E-state index < -0.39 is 5.43 Å². The number of hydrogen-bond donors (Lipinski definition) is 0. The molecule has 2 aromatic rings. The van der Waals surface area contributed by atoms with E-state index in [0.717, 1.165) is 6.42 Å². The molecule has 4 heteroatoms. The Morgan fingerprint density at radius 1 is 0.635 bits per heavy atom. The Hall–Kier alpha value is -1.96. The summed E-state index contributed by atoms with van der Waals surface area (Å²) in [5.41, 5.74) is 3.94. The Kier molecular flexibility index (Phi) is 12.6. The van der Waals surface area contributed by atoms with Gasteiger partial charge >= 0.3 is 113 Å². The zero-order valence-corrected chi connectivity index (χ0v) is 37.8. The van der Waals surface area contributed by atoms with Crippen LogP contribution in [0.1, 0.15) is 72.9 Å². The maximum atomic E-state index is 2.99. The number of benzene rings is 2. The molecule has 8 atom stereocenters. The maximum Gasteiger partial charge on any atom is -0.109 e. The molecule has 8 unspecified atom stereocenters. The Bertz CT molecular complexity index is 1850. The largest absolute Gasteiger partial charge is 1.00 e. The summed E-state index contributed by atoms with van der Waals surface area (Å²) in [4.78, 5) is 0. The van der Waals surface area contributed by atoms with Crippen molar-refractivity contribution in [3.63, 3.8) is 0 Å². The van der Waals surface area contributed by atoms with E-state index in [4.69, 9.17) is 0 Å². The Balaban J connectivity index is 0.000000221. The summed E-state index contributed by atoms with van der Waals surface area (Å²) in [6.07, 6.45) is 39.3. The van der Waals surface area contributed by atoms with Crippen LogP contribution >= 0.6 is 0 Å². The summed E-state index contributed by atoms with van der Waals surface area (Å²) in [6, 6.07) is 18.0. The fraction of sp³-hybridized carbons (Fsp3) is 0.396. The maximum absolute atomic E-state index is 2.99. The number of aryl methyl sites for hydroxylation is 2. The number of hydrogen-bond acceptors (Lipinski definition) is 0. The van der Waals surface area contributed by atoms with Crippen LogP contribution in [0.4, 0.5) is 0 Å². The van der Waals surface area contributed by atoms with Crippen LogP contribution in [-0.4, -0.2) is 5.43 Å². The van der Waals surface area contributed by atoms with Crippen molar-refractivity contribution < 1.29 is 48.1 Å². The molecule has 52 heavy (non-hydrogen) atoms. The second-order valence-corrected chi connectivity index (χ2v) is 22.4. The molecule has 6 aliphatic carbocycles. The SMILES string of the molecule is CC1=CC=CC2[CH-]C3(C)C4(C)C=CC=CC4(C)C4(C)C=CC=CC4(C)C3(C)C12C.Cc1ccc([Si](=[Zr+2])c2ccc(C)cc2)cc1.[C-]1=CC=CC1.[Cl-].[Cl-]. The first kappa shape index (κ1) is 42.8. The van der Waals surface area contributed by atoms with Crippen molar-refractivity contribution in [1.82, 2.24) is 0 Å². The van der Waals surface area contributed by atoms with E-state index in [2.05, 4.69) is 203 Å². The van der Waals surface area contributed by atoms with Crippen LogP contribution in [-0.2, 0) is 23.3 Å². The van der Waals surface area contributed by atoms with E-state index in [1.807, 2.05) is 12.2 Å². The van der Waals surface area contributed by atoms with Gasteiger partial charge in [-0.1, -0.05) is 115 Å². The van der Waals surface area contributed by atoms with Crippen LogP contribution in [0.5, 0.6) is 0 Å². The van der Waals surface area contributed by atoms with Gasteiger partial charge in [-0.25, -0.2) is 12.2 Å². The van der Waals surface area contributed by atoms with Crippen molar-refractivity contribution in [3.8, 4) is 0 Å². The summed E-state index contributed by atoms with van der Waals surface area (Å²) in [6.45, 7) is 24.6. The predicted octanol–water partition coefficient (Wildman–Crippen LogP) is 4.92. The fourth-order valence-corrected chi connectivity index (χ4v) is 15.0. The minimum Gasteiger partial charge on any atom is -1.00 e. The van der Waals surface area contributed by atoms with E-state index in [0.29, 0.717) is 5.92 Å². The Labute approximate surface area is 343 Å². The van der Waals surface area contributed by atoms with Gasteiger partial charge in [0.05, 0.1) is 0 Å². The van der Waals surface area contributed by atoms with E-state index in [1.165, 1.54) is 27.1 Å². The first-order valence-corrected chi connectivity index (χ1v) is 23.7. The molecular formula is C48H56Cl2SiZr-2. The van der Waals surface area contributed by atoms with Gasteiger partial charge in [0, 0.05) is 10.8 Å². The molecule has 0 N–H and O–H groups in total. The first-order chi connectivity index (χ1) is 23.6. The molecule has 2 fully saturated rings. The average Bonchev–Trinajstić information content (AvgIpc) is 3.75. The summed E-state index contributed by atoms with van der Waals surface area (Å²) >= 11 is 1.65. The van der Waals surface area contributed by atoms with Crippen molar-refractivity contribution in [2.24, 2.45) is 43.8 Å². The second-order valence-electron chi connectivity index (χ2n) is 16.8. The summed E-state index contributed by atoms with van der Waals surface area (Å²) < 4.78 is 0. The van der Waals surface area contributed by atoms with Gasteiger partial charge in [-0.15, -0.1) is 23.8 Å². The molecule has 2 aromatic carbocycles. The fourth-order valence-electron chi connectivity index (χ4n) is 11.2. The van der Waals surface area contributed by atoms with E-state index in [9.17, 15) is 0 Å². The molecular weight excluding hydrogens is 767 g/mol. The molecule has 0 aliphatic heterocycles. The van der Waals surface area contributed by atoms with Crippen molar-refractivity contribution >= 4 is 15.8 Å². The molecule has 6 aliphatic rings. The average molecular weight is 823 g/mol. The molecule has 0 radical (unpaired) electrons. The van der Waals surface area contributed by atoms with E-state index >= 15 is 0 Å². The molecule has 272 valence electrons. The van der Waals surface area contributed by atoms with Gasteiger partial charge in [0.1, 0.15) is 0 Å². The third-order valence-electron chi connectivity index (χ3n) is 15.3. The number of rotatable bonds is 2. The topological polar surface area (TPSA) is 0 Å². The number of allylic oxidation sites excluding steroid dienone is 16. The third-order valence-corrected chi connectivity index (χ3v) is 21.4. The summed E-state index contributed by atoms with van der Waals surface area (Å²) in [5, 5.41) is 3.05.